The molecule has 2 rings (SSSR count). The molecule has 5 nitrogen and oxygen atoms in total. The second-order valence-electron chi connectivity index (χ2n) is 3.27. The van der Waals surface area contributed by atoms with E-state index in [1.54, 1.807) is 11.8 Å². The lowest BCUT2D eigenvalue weighted by molar-refractivity contribution is -0.108. The summed E-state index contributed by atoms with van der Waals surface area (Å²) in [5.41, 5.74) is 6.78. The molecule has 0 fully saturated rings. The molecule has 0 spiro atoms. The van der Waals surface area contributed by atoms with E-state index in [1.807, 2.05) is 24.3 Å². The maximum Gasteiger partial charge on any atom is 0.211 e. The Labute approximate surface area is 103 Å². The third kappa shape index (κ3) is 2.79. The van der Waals surface area contributed by atoms with Crippen LogP contribution in [-0.2, 0) is 4.79 Å². The smallest absolute Gasteiger partial charge is 0.211 e. The van der Waals surface area contributed by atoms with E-state index in [0.29, 0.717) is 12.1 Å². The number of hydrogen-bond donors (Lipinski definition) is 3. The van der Waals surface area contributed by atoms with Gasteiger partial charge in [0.05, 0.1) is 11.4 Å². The van der Waals surface area contributed by atoms with Crippen molar-refractivity contribution in [2.24, 2.45) is 10.7 Å². The van der Waals surface area contributed by atoms with E-state index >= 15 is 0 Å². The van der Waals surface area contributed by atoms with Gasteiger partial charge in [-0.25, -0.2) is 0 Å². The average Bonchev–Trinajstić information content (AvgIpc) is 2.77. The number of carbonyl (C=O) groups excluding carboxylic acids is 1. The van der Waals surface area contributed by atoms with Crippen LogP contribution in [0.25, 0.3) is 0 Å². The maximum atomic E-state index is 10.3. The SMILES string of the molecule is NC=C(C=NC1Nc2ccccc2S1)NC=O. The molecule has 1 aliphatic rings. The first-order valence-electron chi connectivity index (χ1n) is 5.01. The van der Waals surface area contributed by atoms with Crippen molar-refractivity contribution in [2.45, 2.75) is 10.4 Å². The third-order valence-corrected chi connectivity index (χ3v) is 3.23. The number of para-hydroxylation sites is 1. The fourth-order valence-corrected chi connectivity index (χ4v) is 2.34. The number of anilines is 1. The lowest BCUT2D eigenvalue weighted by Gasteiger charge is -2.04. The number of hydrogen-bond acceptors (Lipinski definition) is 5. The monoisotopic (exact) mass is 248 g/mol. The lowest BCUT2D eigenvalue weighted by Crippen LogP contribution is -2.15. The van der Waals surface area contributed by atoms with Gasteiger partial charge in [0.2, 0.25) is 6.41 Å². The van der Waals surface area contributed by atoms with Crippen molar-refractivity contribution >= 4 is 30.1 Å². The van der Waals surface area contributed by atoms with Crippen LogP contribution < -0.4 is 16.4 Å². The Balaban J connectivity index is 2.00. The van der Waals surface area contributed by atoms with Gasteiger partial charge < -0.3 is 16.4 Å². The molecule has 4 N–H and O–H groups in total. The van der Waals surface area contributed by atoms with Crippen molar-refractivity contribution in [1.82, 2.24) is 5.32 Å². The van der Waals surface area contributed by atoms with Gasteiger partial charge in [0.15, 0.2) is 5.50 Å². The van der Waals surface area contributed by atoms with E-state index in [1.165, 1.54) is 12.4 Å². The van der Waals surface area contributed by atoms with Gasteiger partial charge in [0.25, 0.3) is 0 Å². The first-order valence-corrected chi connectivity index (χ1v) is 5.89. The number of aliphatic imine (C=N–C) groups is 1. The van der Waals surface area contributed by atoms with Crippen LogP contribution in [0.3, 0.4) is 0 Å². The van der Waals surface area contributed by atoms with Gasteiger partial charge in [-0.15, -0.1) is 0 Å². The Bertz CT molecular complexity index is 447. The Hall–Kier alpha value is -1.95. The lowest BCUT2D eigenvalue weighted by atomic mass is 10.3. The predicted octanol–water partition coefficient (Wildman–Crippen LogP) is 1.10. The molecule has 1 heterocycles. The quantitative estimate of drug-likeness (QED) is 0.551. The van der Waals surface area contributed by atoms with Crippen LogP contribution in [0, 0.1) is 0 Å². The number of nitrogens with two attached hydrogens (primary N) is 1. The summed E-state index contributed by atoms with van der Waals surface area (Å²) in [4.78, 5) is 15.7. The van der Waals surface area contributed by atoms with Crippen molar-refractivity contribution in [3.8, 4) is 0 Å². The first-order chi connectivity index (χ1) is 8.33. The molecule has 0 bridgehead atoms. The number of carbonyl (C=O) groups is 1. The van der Waals surface area contributed by atoms with E-state index in [0.717, 1.165) is 10.6 Å². The van der Waals surface area contributed by atoms with Gasteiger partial charge in [-0.2, -0.15) is 0 Å². The molecule has 17 heavy (non-hydrogen) atoms. The summed E-state index contributed by atoms with van der Waals surface area (Å²) in [5.74, 6) is 0. The van der Waals surface area contributed by atoms with Crippen LogP contribution in [0.4, 0.5) is 5.69 Å². The largest absolute Gasteiger partial charge is 0.403 e. The zero-order valence-electron chi connectivity index (χ0n) is 8.96. The van der Waals surface area contributed by atoms with Crippen molar-refractivity contribution in [2.75, 3.05) is 5.32 Å². The fraction of sp³-hybridized carbons (Fsp3) is 0.0909. The predicted molar refractivity (Wildman–Crippen MR) is 69.7 cm³/mol. The Kier molecular flexibility index (Phi) is 3.66. The number of fused-ring (bicyclic) bond motifs is 1. The molecule has 0 aromatic heterocycles. The van der Waals surface area contributed by atoms with E-state index in [2.05, 4.69) is 15.6 Å². The number of thioether (sulfide) groups is 1. The van der Waals surface area contributed by atoms with E-state index in [4.69, 9.17) is 5.73 Å². The molecule has 1 unspecified atom stereocenters. The summed E-state index contributed by atoms with van der Waals surface area (Å²) in [5, 5.41) is 5.68. The Morgan fingerprint density at radius 1 is 1.53 bits per heavy atom. The minimum atomic E-state index is -0.0872. The summed E-state index contributed by atoms with van der Waals surface area (Å²) in [6.07, 6.45) is 3.39. The highest BCUT2D eigenvalue weighted by atomic mass is 32.2. The Morgan fingerprint density at radius 3 is 3.06 bits per heavy atom. The number of nitrogens with zero attached hydrogens (tertiary/aromatic N) is 1. The summed E-state index contributed by atoms with van der Waals surface area (Å²) in [7, 11) is 0. The Morgan fingerprint density at radius 2 is 2.35 bits per heavy atom. The standard InChI is InChI=1S/C11H12N4OS/c12-5-8(14-7-16)6-13-11-15-9-3-1-2-4-10(9)17-11/h1-7,11,15H,12H2,(H,14,16). The minimum Gasteiger partial charge on any atom is -0.403 e. The topological polar surface area (TPSA) is 79.5 Å². The van der Waals surface area contributed by atoms with Crippen molar-refractivity contribution in [3.63, 3.8) is 0 Å². The second kappa shape index (κ2) is 5.40. The molecule has 1 aliphatic heterocycles. The number of amides is 1. The van der Waals surface area contributed by atoms with Gasteiger partial charge in [0, 0.05) is 17.3 Å². The highest BCUT2D eigenvalue weighted by Gasteiger charge is 2.18. The first kappa shape index (κ1) is 11.5. The number of benzene rings is 1. The van der Waals surface area contributed by atoms with Crippen molar-refractivity contribution in [3.05, 3.63) is 36.2 Å². The fourth-order valence-electron chi connectivity index (χ4n) is 1.38. The highest BCUT2D eigenvalue weighted by molar-refractivity contribution is 8.00. The molecule has 88 valence electrons. The van der Waals surface area contributed by atoms with Crippen LogP contribution >= 0.6 is 11.8 Å². The van der Waals surface area contributed by atoms with E-state index < -0.39 is 0 Å². The average molecular weight is 248 g/mol. The van der Waals surface area contributed by atoms with Gasteiger partial charge in [0.1, 0.15) is 0 Å². The number of nitrogens with one attached hydrogen (secondary N) is 2. The van der Waals surface area contributed by atoms with Crippen LogP contribution in [0.2, 0.25) is 0 Å². The second-order valence-corrected chi connectivity index (χ2v) is 4.40. The molecule has 0 radical (unpaired) electrons. The molecule has 1 aromatic rings. The van der Waals surface area contributed by atoms with Crippen LogP contribution in [0.5, 0.6) is 0 Å². The molecular weight excluding hydrogens is 236 g/mol. The molecule has 6 heteroatoms. The summed E-state index contributed by atoms with van der Waals surface area (Å²) >= 11 is 1.61. The summed E-state index contributed by atoms with van der Waals surface area (Å²) in [6.45, 7) is 0. The highest BCUT2D eigenvalue weighted by Crippen LogP contribution is 2.38. The number of allylic oxidation sites excluding steroid dienone is 1. The third-order valence-electron chi connectivity index (χ3n) is 2.16. The number of rotatable bonds is 4. The van der Waals surface area contributed by atoms with Gasteiger partial charge in [-0.05, 0) is 12.1 Å². The molecular formula is C11H12N4OS. The molecule has 1 amide bonds. The van der Waals surface area contributed by atoms with Crippen molar-refractivity contribution < 1.29 is 4.79 Å². The van der Waals surface area contributed by atoms with Gasteiger partial charge in [-0.3, -0.25) is 9.79 Å². The molecule has 1 aromatic carbocycles. The van der Waals surface area contributed by atoms with Gasteiger partial charge in [-0.1, -0.05) is 23.9 Å². The zero-order valence-corrected chi connectivity index (χ0v) is 9.78. The minimum absolute atomic E-state index is 0.0872. The van der Waals surface area contributed by atoms with E-state index in [9.17, 15) is 4.79 Å². The van der Waals surface area contributed by atoms with Crippen LogP contribution in [0.1, 0.15) is 0 Å². The maximum absolute atomic E-state index is 10.3. The van der Waals surface area contributed by atoms with E-state index in [-0.39, 0.29) is 5.50 Å². The molecule has 0 saturated carbocycles. The van der Waals surface area contributed by atoms with Crippen LogP contribution in [0.15, 0.2) is 46.1 Å². The van der Waals surface area contributed by atoms with Gasteiger partial charge >= 0.3 is 0 Å². The van der Waals surface area contributed by atoms with Crippen molar-refractivity contribution in [1.29, 1.82) is 0 Å². The zero-order chi connectivity index (χ0) is 12.1. The molecule has 0 aliphatic carbocycles. The van der Waals surface area contributed by atoms with Crippen LogP contribution in [-0.4, -0.2) is 18.1 Å². The molecule has 1 atom stereocenters. The summed E-state index contributed by atoms with van der Waals surface area (Å²) in [6, 6.07) is 7.99. The molecule has 0 saturated heterocycles. The normalized spacial score (nSPS) is 18.8. The summed E-state index contributed by atoms with van der Waals surface area (Å²) < 4.78 is 0.